The summed E-state index contributed by atoms with van der Waals surface area (Å²) < 4.78 is 5.48. The van der Waals surface area contributed by atoms with Gasteiger partial charge in [0.1, 0.15) is 5.75 Å². The van der Waals surface area contributed by atoms with Crippen LogP contribution in [0.5, 0.6) is 5.75 Å². The van der Waals surface area contributed by atoms with Crippen molar-refractivity contribution in [1.82, 2.24) is 5.32 Å². The van der Waals surface area contributed by atoms with Crippen molar-refractivity contribution in [3.8, 4) is 5.75 Å². The second kappa shape index (κ2) is 6.97. The SMILES string of the molecule is CNC(Cc1c(C)cccc1C)c1cc(Cl)ccc1OC. The van der Waals surface area contributed by atoms with E-state index in [0.29, 0.717) is 0 Å². The van der Waals surface area contributed by atoms with Gasteiger partial charge in [-0.2, -0.15) is 0 Å². The van der Waals surface area contributed by atoms with E-state index in [2.05, 4.69) is 37.4 Å². The van der Waals surface area contributed by atoms with E-state index < -0.39 is 0 Å². The highest BCUT2D eigenvalue weighted by Crippen LogP contribution is 2.31. The molecule has 0 bridgehead atoms. The average Bonchev–Trinajstić information content (AvgIpc) is 2.47. The molecule has 0 aliphatic carbocycles. The standard InChI is InChI=1S/C18H22ClNO/c1-12-6-5-7-13(2)15(12)11-17(20-3)16-10-14(19)8-9-18(16)21-4/h5-10,17,20H,11H2,1-4H3. The van der Waals surface area contributed by atoms with Gasteiger partial charge in [-0.05, 0) is 62.2 Å². The molecule has 0 aliphatic heterocycles. The Morgan fingerprint density at radius 2 is 1.81 bits per heavy atom. The van der Waals surface area contributed by atoms with E-state index in [-0.39, 0.29) is 6.04 Å². The van der Waals surface area contributed by atoms with Crippen LogP contribution in [0.2, 0.25) is 5.02 Å². The van der Waals surface area contributed by atoms with Crippen LogP contribution in [0.4, 0.5) is 0 Å². The third kappa shape index (κ3) is 3.58. The number of hydrogen-bond donors (Lipinski definition) is 1. The summed E-state index contributed by atoms with van der Waals surface area (Å²) in [6.07, 6.45) is 0.908. The van der Waals surface area contributed by atoms with Gasteiger partial charge in [-0.1, -0.05) is 29.8 Å². The number of halogens is 1. The van der Waals surface area contributed by atoms with Gasteiger partial charge in [0.25, 0.3) is 0 Å². The van der Waals surface area contributed by atoms with Crippen molar-refractivity contribution in [1.29, 1.82) is 0 Å². The van der Waals surface area contributed by atoms with Crippen LogP contribution in [-0.2, 0) is 6.42 Å². The Hall–Kier alpha value is -1.51. The number of benzene rings is 2. The summed E-state index contributed by atoms with van der Waals surface area (Å²) in [7, 11) is 3.66. The lowest BCUT2D eigenvalue weighted by molar-refractivity contribution is 0.401. The summed E-state index contributed by atoms with van der Waals surface area (Å²) in [5, 5.41) is 4.11. The van der Waals surface area contributed by atoms with Crippen LogP contribution in [0.15, 0.2) is 36.4 Å². The molecule has 0 fully saturated rings. The molecule has 3 heteroatoms. The van der Waals surface area contributed by atoms with Gasteiger partial charge in [-0.15, -0.1) is 0 Å². The molecule has 0 amide bonds. The van der Waals surface area contributed by atoms with Crippen LogP contribution in [0.3, 0.4) is 0 Å². The van der Waals surface area contributed by atoms with Crippen molar-refractivity contribution in [2.24, 2.45) is 0 Å². The molecule has 2 rings (SSSR count). The molecule has 1 N–H and O–H groups in total. The monoisotopic (exact) mass is 303 g/mol. The van der Waals surface area contributed by atoms with Crippen molar-refractivity contribution in [3.63, 3.8) is 0 Å². The summed E-state index contributed by atoms with van der Waals surface area (Å²) in [4.78, 5) is 0. The Balaban J connectivity index is 2.39. The summed E-state index contributed by atoms with van der Waals surface area (Å²) >= 11 is 6.16. The molecule has 2 aromatic carbocycles. The number of likely N-dealkylation sites (N-methyl/N-ethyl adjacent to an activating group) is 1. The van der Waals surface area contributed by atoms with Crippen molar-refractivity contribution in [2.45, 2.75) is 26.3 Å². The number of ether oxygens (including phenoxy) is 1. The Morgan fingerprint density at radius 1 is 1.14 bits per heavy atom. The zero-order valence-electron chi connectivity index (χ0n) is 13.0. The van der Waals surface area contributed by atoms with E-state index in [9.17, 15) is 0 Å². The van der Waals surface area contributed by atoms with Gasteiger partial charge in [-0.25, -0.2) is 0 Å². The zero-order chi connectivity index (χ0) is 15.4. The molecule has 0 saturated heterocycles. The minimum Gasteiger partial charge on any atom is -0.496 e. The lowest BCUT2D eigenvalue weighted by Crippen LogP contribution is -2.20. The van der Waals surface area contributed by atoms with Crippen molar-refractivity contribution in [2.75, 3.05) is 14.2 Å². The summed E-state index contributed by atoms with van der Waals surface area (Å²) in [5.74, 6) is 0.866. The minimum absolute atomic E-state index is 0.165. The summed E-state index contributed by atoms with van der Waals surface area (Å²) in [5.41, 5.74) is 5.10. The Labute approximate surface area is 132 Å². The van der Waals surface area contributed by atoms with Crippen LogP contribution in [0.25, 0.3) is 0 Å². The van der Waals surface area contributed by atoms with Gasteiger partial charge in [0.2, 0.25) is 0 Å². The number of nitrogens with one attached hydrogen (secondary N) is 1. The molecule has 1 atom stereocenters. The van der Waals surface area contributed by atoms with Gasteiger partial charge in [-0.3, -0.25) is 0 Å². The van der Waals surface area contributed by atoms with Crippen LogP contribution >= 0.6 is 11.6 Å². The molecule has 0 spiro atoms. The Kier molecular flexibility index (Phi) is 5.27. The van der Waals surface area contributed by atoms with Gasteiger partial charge in [0.15, 0.2) is 0 Å². The second-order valence-electron chi connectivity index (χ2n) is 5.30. The van der Waals surface area contributed by atoms with E-state index in [1.54, 1.807) is 7.11 Å². The summed E-state index contributed by atoms with van der Waals surface area (Å²) in [6, 6.07) is 12.3. The topological polar surface area (TPSA) is 21.3 Å². The van der Waals surface area contributed by atoms with Gasteiger partial charge in [0.05, 0.1) is 7.11 Å². The molecule has 21 heavy (non-hydrogen) atoms. The molecule has 2 nitrogen and oxygen atoms in total. The fourth-order valence-corrected chi connectivity index (χ4v) is 2.90. The zero-order valence-corrected chi connectivity index (χ0v) is 13.8. The Morgan fingerprint density at radius 3 is 2.38 bits per heavy atom. The molecule has 0 saturated carbocycles. The molecule has 0 aromatic heterocycles. The third-order valence-corrected chi connectivity index (χ3v) is 4.20. The number of aryl methyl sites for hydroxylation is 2. The van der Waals surface area contributed by atoms with Crippen molar-refractivity contribution in [3.05, 3.63) is 63.7 Å². The molecular weight excluding hydrogens is 282 g/mol. The van der Waals surface area contributed by atoms with Gasteiger partial charge < -0.3 is 10.1 Å². The van der Waals surface area contributed by atoms with E-state index in [1.165, 1.54) is 16.7 Å². The number of methoxy groups -OCH3 is 1. The maximum Gasteiger partial charge on any atom is 0.123 e. The number of rotatable bonds is 5. The smallest absolute Gasteiger partial charge is 0.123 e. The first-order valence-corrected chi connectivity index (χ1v) is 7.50. The molecule has 0 aliphatic rings. The lowest BCUT2D eigenvalue weighted by Gasteiger charge is -2.22. The molecule has 1 unspecified atom stereocenters. The highest BCUT2D eigenvalue weighted by molar-refractivity contribution is 6.30. The third-order valence-electron chi connectivity index (χ3n) is 3.97. The molecule has 0 heterocycles. The normalized spacial score (nSPS) is 12.2. The van der Waals surface area contributed by atoms with Crippen molar-refractivity contribution >= 4 is 11.6 Å². The molecular formula is C18H22ClNO. The maximum atomic E-state index is 6.16. The van der Waals surface area contributed by atoms with E-state index in [0.717, 1.165) is 22.8 Å². The van der Waals surface area contributed by atoms with E-state index in [1.807, 2.05) is 25.2 Å². The first kappa shape index (κ1) is 15.9. The first-order chi connectivity index (χ1) is 10.1. The van der Waals surface area contributed by atoms with Crippen LogP contribution in [0, 0.1) is 13.8 Å². The largest absolute Gasteiger partial charge is 0.496 e. The molecule has 0 radical (unpaired) electrons. The predicted molar refractivity (Wildman–Crippen MR) is 89.4 cm³/mol. The average molecular weight is 304 g/mol. The van der Waals surface area contributed by atoms with E-state index >= 15 is 0 Å². The predicted octanol–water partition coefficient (Wildman–Crippen LogP) is 4.47. The fourth-order valence-electron chi connectivity index (χ4n) is 2.72. The fraction of sp³-hybridized carbons (Fsp3) is 0.333. The minimum atomic E-state index is 0.165. The maximum absolute atomic E-state index is 6.16. The van der Waals surface area contributed by atoms with Gasteiger partial charge >= 0.3 is 0 Å². The Bertz CT molecular complexity index is 604. The van der Waals surface area contributed by atoms with Crippen LogP contribution in [-0.4, -0.2) is 14.2 Å². The quantitative estimate of drug-likeness (QED) is 0.880. The second-order valence-corrected chi connectivity index (χ2v) is 5.74. The summed E-state index contributed by atoms with van der Waals surface area (Å²) in [6.45, 7) is 4.31. The van der Waals surface area contributed by atoms with Gasteiger partial charge in [0, 0.05) is 16.6 Å². The molecule has 2 aromatic rings. The lowest BCUT2D eigenvalue weighted by atomic mass is 9.92. The molecule has 112 valence electrons. The van der Waals surface area contributed by atoms with Crippen LogP contribution in [0.1, 0.15) is 28.3 Å². The van der Waals surface area contributed by atoms with Crippen LogP contribution < -0.4 is 10.1 Å². The van der Waals surface area contributed by atoms with Crippen molar-refractivity contribution < 1.29 is 4.74 Å². The highest BCUT2D eigenvalue weighted by atomic mass is 35.5. The highest BCUT2D eigenvalue weighted by Gasteiger charge is 2.17. The first-order valence-electron chi connectivity index (χ1n) is 7.12. The van der Waals surface area contributed by atoms with E-state index in [4.69, 9.17) is 16.3 Å². The number of hydrogen-bond acceptors (Lipinski definition) is 2.